The van der Waals surface area contributed by atoms with E-state index in [1.54, 1.807) is 36.6 Å². The first-order valence-corrected chi connectivity index (χ1v) is 8.86. The van der Waals surface area contributed by atoms with Gasteiger partial charge in [-0.25, -0.2) is 9.97 Å². The molecule has 0 aliphatic carbocycles. The van der Waals surface area contributed by atoms with Crippen LogP contribution in [0, 0.1) is 0 Å². The van der Waals surface area contributed by atoms with Crippen LogP contribution in [-0.4, -0.2) is 46.4 Å². The molecule has 0 unspecified atom stereocenters. The van der Waals surface area contributed by atoms with Gasteiger partial charge >= 0.3 is 0 Å². The summed E-state index contributed by atoms with van der Waals surface area (Å²) in [6.45, 7) is 1.29. The Morgan fingerprint density at radius 2 is 1.67 bits per heavy atom. The highest BCUT2D eigenvalue weighted by Crippen LogP contribution is 2.11. The highest BCUT2D eigenvalue weighted by atomic mass is 16.2. The number of hydrogen-bond acceptors (Lipinski definition) is 5. The van der Waals surface area contributed by atoms with Crippen LogP contribution in [0.5, 0.6) is 0 Å². The van der Waals surface area contributed by atoms with E-state index < -0.39 is 0 Å². The van der Waals surface area contributed by atoms with Crippen LogP contribution in [0.4, 0.5) is 5.95 Å². The van der Waals surface area contributed by atoms with E-state index in [1.807, 2.05) is 54.4 Å². The van der Waals surface area contributed by atoms with Crippen molar-refractivity contribution in [2.75, 3.05) is 25.5 Å². The molecule has 0 aliphatic heterocycles. The normalized spacial score (nSPS) is 10.4. The second-order valence-corrected chi connectivity index (χ2v) is 6.42. The Hall–Kier alpha value is -3.28. The Labute approximate surface area is 159 Å². The molecule has 0 spiro atoms. The van der Waals surface area contributed by atoms with Crippen molar-refractivity contribution in [3.63, 3.8) is 0 Å². The van der Waals surface area contributed by atoms with Crippen molar-refractivity contribution >= 4 is 11.9 Å². The van der Waals surface area contributed by atoms with Crippen molar-refractivity contribution in [2.24, 2.45) is 0 Å². The molecular weight excluding hydrogens is 338 g/mol. The number of carbonyl (C=O) groups excluding carboxylic acids is 1. The van der Waals surface area contributed by atoms with Crippen LogP contribution in [0.2, 0.25) is 0 Å². The van der Waals surface area contributed by atoms with E-state index in [2.05, 4.69) is 15.0 Å². The molecule has 6 heteroatoms. The molecule has 27 heavy (non-hydrogen) atoms. The van der Waals surface area contributed by atoms with Gasteiger partial charge in [-0.1, -0.05) is 30.3 Å². The third kappa shape index (κ3) is 5.10. The number of benzene rings is 1. The predicted molar refractivity (Wildman–Crippen MR) is 105 cm³/mol. The summed E-state index contributed by atoms with van der Waals surface area (Å²) in [6.07, 6.45) is 6.06. The Morgan fingerprint density at radius 3 is 2.41 bits per heavy atom. The summed E-state index contributed by atoms with van der Waals surface area (Å²) in [5, 5.41) is 0. The Balaban J connectivity index is 1.64. The molecule has 3 rings (SSSR count). The molecule has 0 aliphatic rings. The molecule has 138 valence electrons. The second kappa shape index (κ2) is 8.89. The summed E-state index contributed by atoms with van der Waals surface area (Å²) in [4.78, 5) is 29.1. The van der Waals surface area contributed by atoms with Crippen molar-refractivity contribution in [3.8, 4) is 0 Å². The molecule has 1 aromatic carbocycles. The Bertz CT molecular complexity index is 870. The zero-order valence-electron chi connectivity index (χ0n) is 15.6. The maximum absolute atomic E-state index is 12.7. The van der Waals surface area contributed by atoms with Crippen LogP contribution in [0.1, 0.15) is 21.6 Å². The van der Waals surface area contributed by atoms with Gasteiger partial charge in [-0.2, -0.15) is 0 Å². The van der Waals surface area contributed by atoms with Crippen LogP contribution in [-0.2, 0) is 13.0 Å². The van der Waals surface area contributed by atoms with Gasteiger partial charge in [-0.15, -0.1) is 0 Å². The number of amides is 1. The molecule has 6 nitrogen and oxygen atoms in total. The number of nitrogens with zero attached hydrogens (tertiary/aromatic N) is 5. The van der Waals surface area contributed by atoms with E-state index in [0.29, 0.717) is 18.2 Å². The first-order chi connectivity index (χ1) is 13.1. The lowest BCUT2D eigenvalue weighted by molar-refractivity contribution is 0.0779. The highest BCUT2D eigenvalue weighted by molar-refractivity contribution is 5.92. The van der Waals surface area contributed by atoms with Gasteiger partial charge in [-0.3, -0.25) is 9.78 Å². The molecule has 1 amide bonds. The minimum atomic E-state index is -0.120. The number of hydrogen-bond donors (Lipinski definition) is 0. The molecule has 0 saturated heterocycles. The fourth-order valence-corrected chi connectivity index (χ4v) is 2.72. The molecule has 3 aromatic rings. The van der Waals surface area contributed by atoms with Crippen molar-refractivity contribution in [1.82, 2.24) is 19.9 Å². The minimum Gasteiger partial charge on any atom is -0.344 e. The quantitative estimate of drug-likeness (QED) is 0.648. The number of pyridine rings is 1. The first kappa shape index (κ1) is 18.5. The van der Waals surface area contributed by atoms with Crippen LogP contribution in [0.25, 0.3) is 0 Å². The average molecular weight is 361 g/mol. The van der Waals surface area contributed by atoms with E-state index >= 15 is 0 Å². The molecule has 2 heterocycles. The maximum Gasteiger partial charge on any atom is 0.272 e. The molecule has 0 fully saturated rings. The molecule has 0 N–H and O–H groups in total. The SMILES string of the molecule is CN(Cc1ccccc1)C(=O)c1ccnc(N(C)CCc2ccncc2)n1. The van der Waals surface area contributed by atoms with Gasteiger partial charge in [0.15, 0.2) is 0 Å². The summed E-state index contributed by atoms with van der Waals surface area (Å²) in [6, 6.07) is 15.5. The summed E-state index contributed by atoms with van der Waals surface area (Å²) in [5.41, 5.74) is 2.68. The predicted octanol–water partition coefficient (Wildman–Crippen LogP) is 2.82. The van der Waals surface area contributed by atoms with Gasteiger partial charge in [0, 0.05) is 45.8 Å². The van der Waals surface area contributed by atoms with Gasteiger partial charge in [0.2, 0.25) is 5.95 Å². The minimum absolute atomic E-state index is 0.120. The van der Waals surface area contributed by atoms with Crippen LogP contribution >= 0.6 is 0 Å². The number of carbonyl (C=O) groups is 1. The summed E-state index contributed by atoms with van der Waals surface area (Å²) >= 11 is 0. The van der Waals surface area contributed by atoms with E-state index in [-0.39, 0.29) is 5.91 Å². The van der Waals surface area contributed by atoms with E-state index in [0.717, 1.165) is 18.5 Å². The standard InChI is InChI=1S/C21H23N5O/c1-25(15-11-17-8-12-22-13-9-17)21-23-14-10-19(24-21)20(27)26(2)16-18-6-4-3-5-7-18/h3-10,12-14H,11,15-16H2,1-2H3. The number of rotatable bonds is 7. The number of likely N-dealkylation sites (N-methyl/N-ethyl adjacent to an activating group) is 1. The molecule has 0 bridgehead atoms. The zero-order chi connectivity index (χ0) is 19.1. The van der Waals surface area contributed by atoms with Crippen molar-refractivity contribution < 1.29 is 4.79 Å². The van der Waals surface area contributed by atoms with Gasteiger partial charge < -0.3 is 9.80 Å². The van der Waals surface area contributed by atoms with Gasteiger partial charge in [0.25, 0.3) is 5.91 Å². The maximum atomic E-state index is 12.7. The molecule has 2 aromatic heterocycles. The van der Waals surface area contributed by atoms with E-state index in [9.17, 15) is 4.79 Å². The van der Waals surface area contributed by atoms with Gasteiger partial charge in [-0.05, 0) is 35.7 Å². The fraction of sp³-hybridized carbons (Fsp3) is 0.238. The zero-order valence-corrected chi connectivity index (χ0v) is 15.6. The fourth-order valence-electron chi connectivity index (χ4n) is 2.72. The van der Waals surface area contributed by atoms with E-state index in [1.165, 1.54) is 5.56 Å². The lowest BCUT2D eigenvalue weighted by Gasteiger charge is -2.19. The van der Waals surface area contributed by atoms with Crippen LogP contribution in [0.3, 0.4) is 0 Å². The van der Waals surface area contributed by atoms with Crippen molar-refractivity contribution in [1.29, 1.82) is 0 Å². The van der Waals surface area contributed by atoms with Gasteiger partial charge in [0.1, 0.15) is 5.69 Å². The number of aromatic nitrogens is 3. The number of anilines is 1. The van der Waals surface area contributed by atoms with Crippen molar-refractivity contribution in [2.45, 2.75) is 13.0 Å². The Kier molecular flexibility index (Phi) is 6.10. The Morgan fingerprint density at radius 1 is 0.926 bits per heavy atom. The summed E-state index contributed by atoms with van der Waals surface area (Å²) < 4.78 is 0. The highest BCUT2D eigenvalue weighted by Gasteiger charge is 2.15. The first-order valence-electron chi connectivity index (χ1n) is 8.86. The molecule has 0 saturated carbocycles. The summed E-state index contributed by atoms with van der Waals surface area (Å²) in [7, 11) is 3.71. The van der Waals surface area contributed by atoms with Gasteiger partial charge in [0.05, 0.1) is 0 Å². The van der Waals surface area contributed by atoms with Crippen LogP contribution in [0.15, 0.2) is 67.1 Å². The molecular formula is C21H23N5O. The molecule has 0 atom stereocenters. The lowest BCUT2D eigenvalue weighted by Crippen LogP contribution is -2.28. The average Bonchev–Trinajstić information content (AvgIpc) is 2.73. The largest absolute Gasteiger partial charge is 0.344 e. The molecule has 0 radical (unpaired) electrons. The van der Waals surface area contributed by atoms with Crippen LogP contribution < -0.4 is 4.90 Å². The smallest absolute Gasteiger partial charge is 0.272 e. The lowest BCUT2D eigenvalue weighted by atomic mass is 10.2. The third-order valence-corrected chi connectivity index (χ3v) is 4.30. The summed E-state index contributed by atoms with van der Waals surface area (Å²) in [5.74, 6) is 0.424. The van der Waals surface area contributed by atoms with E-state index in [4.69, 9.17) is 0 Å². The second-order valence-electron chi connectivity index (χ2n) is 6.42. The monoisotopic (exact) mass is 361 g/mol. The topological polar surface area (TPSA) is 62.2 Å². The van der Waals surface area contributed by atoms with Crippen molar-refractivity contribution in [3.05, 3.63) is 83.9 Å². The third-order valence-electron chi connectivity index (χ3n) is 4.30.